The number of hydrogen-bond acceptors (Lipinski definition) is 5. The predicted molar refractivity (Wildman–Crippen MR) is 111 cm³/mol. The molecule has 1 N–H and O–H groups in total. The Labute approximate surface area is 170 Å². The molecule has 0 spiro atoms. The molecule has 5 nitrogen and oxygen atoms in total. The number of rotatable bonds is 6. The molecule has 2 aromatic rings. The van der Waals surface area contributed by atoms with Gasteiger partial charge < -0.3 is 14.8 Å². The molecule has 6 heteroatoms. The van der Waals surface area contributed by atoms with Crippen LogP contribution in [0.1, 0.15) is 45.2 Å². The molecule has 1 amide bonds. The van der Waals surface area contributed by atoms with Gasteiger partial charge >= 0.3 is 0 Å². The van der Waals surface area contributed by atoms with E-state index in [1.54, 1.807) is 18.4 Å². The molecule has 1 atom stereocenters. The lowest BCUT2D eigenvalue weighted by molar-refractivity contribution is 0.0162. The van der Waals surface area contributed by atoms with Crippen LogP contribution in [0.3, 0.4) is 0 Å². The number of carbonyl (C=O) groups excluding carboxylic acids is 1. The maximum atomic E-state index is 12.9. The third kappa shape index (κ3) is 4.24. The fourth-order valence-electron chi connectivity index (χ4n) is 4.14. The number of nitrogens with one attached hydrogen (secondary N) is 1. The number of methoxy groups -OCH3 is 1. The van der Waals surface area contributed by atoms with Crippen molar-refractivity contribution in [3.63, 3.8) is 0 Å². The Hall–Kier alpha value is -1.89. The quantitative estimate of drug-likeness (QED) is 0.807. The number of benzene rings is 1. The second-order valence-corrected chi connectivity index (χ2v) is 8.37. The Bertz CT molecular complexity index is 797. The summed E-state index contributed by atoms with van der Waals surface area (Å²) in [4.78, 5) is 16.7. The minimum Gasteiger partial charge on any atom is -0.497 e. The van der Waals surface area contributed by atoms with E-state index in [4.69, 9.17) is 9.47 Å². The monoisotopic (exact) mass is 400 g/mol. The third-order valence-electron chi connectivity index (χ3n) is 5.75. The van der Waals surface area contributed by atoms with Gasteiger partial charge in [-0.1, -0.05) is 12.1 Å². The molecule has 1 aromatic heterocycles. The minimum atomic E-state index is 0.0613. The van der Waals surface area contributed by atoms with E-state index in [-0.39, 0.29) is 11.9 Å². The van der Waals surface area contributed by atoms with Crippen molar-refractivity contribution in [2.75, 3.05) is 40.0 Å². The smallest absolute Gasteiger partial charge is 0.252 e. The van der Waals surface area contributed by atoms with E-state index in [0.29, 0.717) is 6.54 Å². The van der Waals surface area contributed by atoms with Crippen LogP contribution in [0.4, 0.5) is 0 Å². The van der Waals surface area contributed by atoms with Crippen molar-refractivity contribution in [1.29, 1.82) is 0 Å². The van der Waals surface area contributed by atoms with Crippen molar-refractivity contribution in [3.05, 3.63) is 51.2 Å². The van der Waals surface area contributed by atoms with Gasteiger partial charge in [-0.05, 0) is 48.9 Å². The van der Waals surface area contributed by atoms with Gasteiger partial charge in [0.05, 0.1) is 31.9 Å². The van der Waals surface area contributed by atoms with Crippen LogP contribution in [0.25, 0.3) is 0 Å². The molecule has 28 heavy (non-hydrogen) atoms. The fourth-order valence-corrected chi connectivity index (χ4v) is 5.27. The molecule has 0 bridgehead atoms. The van der Waals surface area contributed by atoms with Crippen LogP contribution in [0, 0.1) is 0 Å². The van der Waals surface area contributed by atoms with Gasteiger partial charge in [0.25, 0.3) is 5.91 Å². The van der Waals surface area contributed by atoms with Gasteiger partial charge in [0.1, 0.15) is 5.75 Å². The number of carbonyl (C=O) groups is 1. The molecule has 1 saturated heterocycles. The van der Waals surface area contributed by atoms with Crippen LogP contribution in [-0.4, -0.2) is 50.8 Å². The number of fused-ring (bicyclic) bond motifs is 1. The highest BCUT2D eigenvalue weighted by Crippen LogP contribution is 2.30. The van der Waals surface area contributed by atoms with Gasteiger partial charge in [-0.25, -0.2) is 0 Å². The second kappa shape index (κ2) is 9.07. The standard InChI is InChI=1S/C22H28N2O3S/c1-26-17-8-6-16(7-9-17)20(24-10-12-27-13-11-24)14-23-22(25)19-15-28-21-5-3-2-4-18(19)21/h6-9,15,20H,2-5,10-14H2,1H3,(H,23,25)/t20-/m0/s1. The van der Waals surface area contributed by atoms with Crippen LogP contribution >= 0.6 is 11.3 Å². The molecule has 0 radical (unpaired) electrons. The summed E-state index contributed by atoms with van der Waals surface area (Å²) >= 11 is 1.74. The SMILES string of the molecule is COc1ccc([C@H](CNC(=O)c2csc3c2CCCC3)N2CCOCC2)cc1. The first kappa shape index (κ1) is 19.4. The van der Waals surface area contributed by atoms with Gasteiger partial charge in [-0.15, -0.1) is 11.3 Å². The summed E-state index contributed by atoms with van der Waals surface area (Å²) in [6.07, 6.45) is 4.58. The Morgan fingerprint density at radius 2 is 1.96 bits per heavy atom. The predicted octanol–water partition coefficient (Wildman–Crippen LogP) is 3.44. The summed E-state index contributed by atoms with van der Waals surface area (Å²) in [5, 5.41) is 5.26. The maximum absolute atomic E-state index is 12.9. The van der Waals surface area contributed by atoms with E-state index in [1.807, 2.05) is 17.5 Å². The largest absolute Gasteiger partial charge is 0.497 e. The van der Waals surface area contributed by atoms with Crippen LogP contribution < -0.4 is 10.1 Å². The molecule has 1 aromatic carbocycles. The Kier molecular flexibility index (Phi) is 6.29. The number of nitrogens with zero attached hydrogens (tertiary/aromatic N) is 1. The first-order valence-electron chi connectivity index (χ1n) is 10.1. The average Bonchev–Trinajstić information content (AvgIpc) is 3.19. The van der Waals surface area contributed by atoms with Gasteiger partial charge in [-0.2, -0.15) is 0 Å². The number of morpholine rings is 1. The zero-order valence-electron chi connectivity index (χ0n) is 16.4. The topological polar surface area (TPSA) is 50.8 Å². The summed E-state index contributed by atoms with van der Waals surface area (Å²) in [6.45, 7) is 3.81. The second-order valence-electron chi connectivity index (χ2n) is 7.41. The molecular formula is C22H28N2O3S. The minimum absolute atomic E-state index is 0.0613. The van der Waals surface area contributed by atoms with Crippen molar-refractivity contribution < 1.29 is 14.3 Å². The Morgan fingerprint density at radius 3 is 2.71 bits per heavy atom. The van der Waals surface area contributed by atoms with Crippen LogP contribution in [-0.2, 0) is 17.6 Å². The number of aryl methyl sites for hydroxylation is 1. The molecular weight excluding hydrogens is 372 g/mol. The summed E-state index contributed by atoms with van der Waals surface area (Å²) in [5.41, 5.74) is 3.35. The maximum Gasteiger partial charge on any atom is 0.252 e. The highest BCUT2D eigenvalue weighted by atomic mass is 32.1. The van der Waals surface area contributed by atoms with E-state index in [9.17, 15) is 4.79 Å². The normalized spacial score (nSPS) is 18.3. The average molecular weight is 401 g/mol. The summed E-state index contributed by atoms with van der Waals surface area (Å²) in [7, 11) is 1.68. The highest BCUT2D eigenvalue weighted by molar-refractivity contribution is 7.10. The lowest BCUT2D eigenvalue weighted by Gasteiger charge is -2.35. The van der Waals surface area contributed by atoms with E-state index < -0.39 is 0 Å². The van der Waals surface area contributed by atoms with E-state index in [0.717, 1.165) is 50.5 Å². The number of amides is 1. The molecule has 1 aliphatic carbocycles. The first-order valence-corrected chi connectivity index (χ1v) is 11.0. The van der Waals surface area contributed by atoms with Crippen LogP contribution in [0.5, 0.6) is 5.75 Å². The lowest BCUT2D eigenvalue weighted by Crippen LogP contribution is -2.43. The zero-order chi connectivity index (χ0) is 19.3. The highest BCUT2D eigenvalue weighted by Gasteiger charge is 2.25. The molecule has 150 valence electrons. The van der Waals surface area contributed by atoms with Gasteiger partial charge in [0.15, 0.2) is 0 Å². The van der Waals surface area contributed by atoms with Crippen LogP contribution in [0.2, 0.25) is 0 Å². The molecule has 0 unspecified atom stereocenters. The van der Waals surface area contributed by atoms with Gasteiger partial charge in [0.2, 0.25) is 0 Å². The number of ether oxygens (including phenoxy) is 2. The third-order valence-corrected chi connectivity index (χ3v) is 6.84. The van der Waals surface area contributed by atoms with E-state index in [1.165, 1.54) is 28.8 Å². The Morgan fingerprint density at radius 1 is 1.21 bits per heavy atom. The van der Waals surface area contributed by atoms with Crippen LogP contribution in [0.15, 0.2) is 29.6 Å². The first-order chi connectivity index (χ1) is 13.8. The van der Waals surface area contributed by atoms with Crippen molar-refractivity contribution in [3.8, 4) is 5.75 Å². The lowest BCUT2D eigenvalue weighted by atomic mass is 9.95. The van der Waals surface area contributed by atoms with E-state index >= 15 is 0 Å². The van der Waals surface area contributed by atoms with Crippen molar-refractivity contribution in [1.82, 2.24) is 10.2 Å². The Balaban J connectivity index is 1.48. The summed E-state index contributed by atoms with van der Waals surface area (Å²) in [5.74, 6) is 0.907. The van der Waals surface area contributed by atoms with Gasteiger partial charge in [-0.3, -0.25) is 9.69 Å². The molecule has 2 aliphatic rings. The van der Waals surface area contributed by atoms with Gasteiger partial charge in [0, 0.05) is 29.9 Å². The molecule has 1 fully saturated rings. The summed E-state index contributed by atoms with van der Waals surface area (Å²) in [6, 6.07) is 8.29. The molecule has 1 aliphatic heterocycles. The van der Waals surface area contributed by atoms with E-state index in [2.05, 4.69) is 22.3 Å². The van der Waals surface area contributed by atoms with Crippen molar-refractivity contribution in [2.24, 2.45) is 0 Å². The zero-order valence-corrected chi connectivity index (χ0v) is 17.2. The summed E-state index contributed by atoms with van der Waals surface area (Å²) < 4.78 is 10.8. The van der Waals surface area contributed by atoms with Crippen molar-refractivity contribution in [2.45, 2.75) is 31.7 Å². The number of hydrogen-bond donors (Lipinski definition) is 1. The molecule has 0 saturated carbocycles. The molecule has 2 heterocycles. The number of thiophene rings is 1. The fraction of sp³-hybridized carbons (Fsp3) is 0.500. The van der Waals surface area contributed by atoms with Crippen molar-refractivity contribution >= 4 is 17.2 Å². The molecule has 4 rings (SSSR count).